The molecule has 0 aliphatic carbocycles. The Labute approximate surface area is 123 Å². The van der Waals surface area contributed by atoms with Gasteiger partial charge in [0.25, 0.3) is 0 Å². The molecule has 0 atom stereocenters. The number of fused-ring (bicyclic) bond motifs is 2. The Kier molecular flexibility index (Phi) is 2.49. The summed E-state index contributed by atoms with van der Waals surface area (Å²) < 4.78 is 12.1. The van der Waals surface area contributed by atoms with Crippen LogP contribution in [0, 0.1) is 20.8 Å². The van der Waals surface area contributed by atoms with Gasteiger partial charge >= 0.3 is 0 Å². The van der Waals surface area contributed by atoms with E-state index in [9.17, 15) is 0 Å². The normalized spacial score (nSPS) is 11.6. The molecular weight excluding hydrogens is 260 g/mol. The third kappa shape index (κ3) is 1.72. The maximum absolute atomic E-state index is 6.06. The van der Waals surface area contributed by atoms with Gasteiger partial charge in [0.2, 0.25) is 0 Å². The Morgan fingerprint density at radius 2 is 1.29 bits per heavy atom. The minimum absolute atomic E-state index is 0.836. The summed E-state index contributed by atoms with van der Waals surface area (Å²) in [6, 6.07) is 14.4. The second kappa shape index (κ2) is 4.26. The van der Waals surface area contributed by atoms with Gasteiger partial charge in [0.1, 0.15) is 11.2 Å². The number of aryl methyl sites for hydroxylation is 3. The summed E-state index contributed by atoms with van der Waals surface area (Å²) in [4.78, 5) is 0. The quantitative estimate of drug-likeness (QED) is 0.441. The highest BCUT2D eigenvalue weighted by atomic mass is 16.4. The molecule has 104 valence electrons. The first-order chi connectivity index (χ1) is 10.1. The molecule has 0 radical (unpaired) electrons. The highest BCUT2D eigenvalue weighted by molar-refractivity contribution is 5.92. The molecule has 2 nitrogen and oxygen atoms in total. The van der Waals surface area contributed by atoms with Crippen molar-refractivity contribution >= 4 is 21.9 Å². The molecule has 0 bridgehead atoms. The number of para-hydroxylation sites is 1. The molecule has 0 saturated heterocycles. The average Bonchev–Trinajstić information content (AvgIpc) is 2.98. The number of furan rings is 2. The molecular formula is C19H16O2. The van der Waals surface area contributed by atoms with Gasteiger partial charge in [-0.3, -0.25) is 0 Å². The van der Waals surface area contributed by atoms with E-state index in [1.54, 1.807) is 0 Å². The molecule has 2 heterocycles. The molecule has 0 spiro atoms. The second-order valence-corrected chi connectivity index (χ2v) is 5.61. The van der Waals surface area contributed by atoms with Crippen molar-refractivity contribution in [3.8, 4) is 11.5 Å². The van der Waals surface area contributed by atoms with Crippen molar-refractivity contribution in [2.75, 3.05) is 0 Å². The lowest BCUT2D eigenvalue weighted by atomic mass is 10.1. The first-order valence-corrected chi connectivity index (χ1v) is 7.13. The van der Waals surface area contributed by atoms with Crippen molar-refractivity contribution in [3.63, 3.8) is 0 Å². The van der Waals surface area contributed by atoms with E-state index < -0.39 is 0 Å². The van der Waals surface area contributed by atoms with Gasteiger partial charge in [-0.25, -0.2) is 0 Å². The molecule has 4 aromatic rings. The van der Waals surface area contributed by atoms with E-state index in [0.717, 1.165) is 44.6 Å². The third-order valence-electron chi connectivity index (χ3n) is 4.14. The Hall–Kier alpha value is -2.48. The SMILES string of the molecule is Cc1ccc2oc(-c3oc4ccccc4c3C)c(C)c2c1. The van der Waals surface area contributed by atoms with Gasteiger partial charge < -0.3 is 8.83 Å². The van der Waals surface area contributed by atoms with Crippen LogP contribution in [0.25, 0.3) is 33.5 Å². The fourth-order valence-electron chi connectivity index (χ4n) is 2.94. The zero-order valence-electron chi connectivity index (χ0n) is 12.4. The predicted octanol–water partition coefficient (Wildman–Crippen LogP) is 5.77. The minimum atomic E-state index is 0.836. The van der Waals surface area contributed by atoms with E-state index in [-0.39, 0.29) is 0 Å². The van der Waals surface area contributed by atoms with Crippen LogP contribution in [0.1, 0.15) is 16.7 Å². The van der Waals surface area contributed by atoms with Crippen LogP contribution < -0.4 is 0 Å². The predicted molar refractivity (Wildman–Crippen MR) is 85.6 cm³/mol. The summed E-state index contributed by atoms with van der Waals surface area (Å²) in [5.41, 5.74) is 5.31. The molecule has 0 saturated carbocycles. The summed E-state index contributed by atoms with van der Waals surface area (Å²) in [5.74, 6) is 1.67. The van der Waals surface area contributed by atoms with Crippen molar-refractivity contribution in [1.82, 2.24) is 0 Å². The van der Waals surface area contributed by atoms with E-state index in [1.807, 2.05) is 24.3 Å². The van der Waals surface area contributed by atoms with Crippen LogP contribution in [0.4, 0.5) is 0 Å². The topological polar surface area (TPSA) is 26.3 Å². The highest BCUT2D eigenvalue weighted by Gasteiger charge is 2.19. The largest absolute Gasteiger partial charge is 0.452 e. The van der Waals surface area contributed by atoms with Crippen molar-refractivity contribution in [2.45, 2.75) is 20.8 Å². The number of rotatable bonds is 1. The summed E-state index contributed by atoms with van der Waals surface area (Å²) in [6.07, 6.45) is 0. The molecule has 0 aliphatic heterocycles. The fraction of sp³-hybridized carbons (Fsp3) is 0.158. The van der Waals surface area contributed by atoms with Gasteiger partial charge in [-0.2, -0.15) is 0 Å². The maximum atomic E-state index is 6.06. The molecule has 0 amide bonds. The van der Waals surface area contributed by atoms with Gasteiger partial charge in [-0.15, -0.1) is 0 Å². The van der Waals surface area contributed by atoms with Gasteiger partial charge in [-0.1, -0.05) is 29.8 Å². The minimum Gasteiger partial charge on any atom is -0.452 e. The van der Waals surface area contributed by atoms with Crippen LogP contribution in [0.2, 0.25) is 0 Å². The molecule has 2 aromatic carbocycles. The second-order valence-electron chi connectivity index (χ2n) is 5.61. The van der Waals surface area contributed by atoms with Crippen molar-refractivity contribution in [3.05, 3.63) is 59.2 Å². The highest BCUT2D eigenvalue weighted by Crippen LogP contribution is 2.38. The van der Waals surface area contributed by atoms with Gasteiger partial charge in [-0.05, 0) is 39.0 Å². The molecule has 2 aromatic heterocycles. The summed E-state index contributed by atoms with van der Waals surface area (Å²) >= 11 is 0. The lowest BCUT2D eigenvalue weighted by Gasteiger charge is -1.95. The number of hydrogen-bond acceptors (Lipinski definition) is 2. The average molecular weight is 276 g/mol. The van der Waals surface area contributed by atoms with E-state index >= 15 is 0 Å². The van der Waals surface area contributed by atoms with E-state index in [1.165, 1.54) is 5.56 Å². The van der Waals surface area contributed by atoms with E-state index in [4.69, 9.17) is 8.83 Å². The summed E-state index contributed by atoms with van der Waals surface area (Å²) in [6.45, 7) is 6.27. The van der Waals surface area contributed by atoms with Crippen LogP contribution in [0.15, 0.2) is 51.3 Å². The molecule has 0 aliphatic rings. The molecule has 0 fully saturated rings. The van der Waals surface area contributed by atoms with Crippen molar-refractivity contribution < 1.29 is 8.83 Å². The van der Waals surface area contributed by atoms with Gasteiger partial charge in [0.15, 0.2) is 11.5 Å². The Morgan fingerprint density at radius 3 is 2.00 bits per heavy atom. The molecule has 0 N–H and O–H groups in total. The summed E-state index contributed by atoms with van der Waals surface area (Å²) in [5, 5.41) is 2.30. The molecule has 4 rings (SSSR count). The summed E-state index contributed by atoms with van der Waals surface area (Å²) in [7, 11) is 0. The fourth-order valence-corrected chi connectivity index (χ4v) is 2.94. The maximum Gasteiger partial charge on any atom is 0.173 e. The van der Waals surface area contributed by atoms with Crippen LogP contribution >= 0.6 is 0 Å². The molecule has 21 heavy (non-hydrogen) atoms. The lowest BCUT2D eigenvalue weighted by molar-refractivity contribution is 0.565. The first-order valence-electron chi connectivity index (χ1n) is 7.13. The molecule has 2 heteroatoms. The Morgan fingerprint density at radius 1 is 0.667 bits per heavy atom. The van der Waals surface area contributed by atoms with Crippen LogP contribution in [0.3, 0.4) is 0 Å². The monoisotopic (exact) mass is 276 g/mol. The van der Waals surface area contributed by atoms with Crippen LogP contribution in [-0.2, 0) is 0 Å². The molecule has 0 unspecified atom stereocenters. The van der Waals surface area contributed by atoms with E-state index in [2.05, 4.69) is 39.0 Å². The Bertz CT molecular complexity index is 970. The zero-order valence-corrected chi connectivity index (χ0v) is 12.4. The lowest BCUT2D eigenvalue weighted by Crippen LogP contribution is -1.78. The van der Waals surface area contributed by atoms with Gasteiger partial charge in [0, 0.05) is 21.9 Å². The van der Waals surface area contributed by atoms with Crippen LogP contribution in [0.5, 0.6) is 0 Å². The zero-order chi connectivity index (χ0) is 14.6. The van der Waals surface area contributed by atoms with Crippen LogP contribution in [-0.4, -0.2) is 0 Å². The number of hydrogen-bond donors (Lipinski definition) is 0. The van der Waals surface area contributed by atoms with Crippen molar-refractivity contribution in [2.24, 2.45) is 0 Å². The Balaban J connectivity index is 2.04. The first kappa shape index (κ1) is 12.3. The standard InChI is InChI=1S/C19H16O2/c1-11-8-9-17-15(10-11)13(3)19(21-17)18-12(2)14-6-4-5-7-16(14)20-18/h4-10H,1-3H3. The third-order valence-corrected chi connectivity index (χ3v) is 4.14. The van der Waals surface area contributed by atoms with Gasteiger partial charge in [0.05, 0.1) is 0 Å². The van der Waals surface area contributed by atoms with Crippen molar-refractivity contribution in [1.29, 1.82) is 0 Å². The smallest absolute Gasteiger partial charge is 0.173 e. The number of benzene rings is 2. The van der Waals surface area contributed by atoms with E-state index in [0.29, 0.717) is 0 Å².